The Morgan fingerprint density at radius 2 is 2.22 bits per heavy atom. The fourth-order valence-electron chi connectivity index (χ4n) is 1.67. The second-order valence-electron chi connectivity index (χ2n) is 3.76. The predicted molar refractivity (Wildman–Crippen MR) is 67.5 cm³/mol. The lowest BCUT2D eigenvalue weighted by Crippen LogP contribution is -2.18. The zero-order valence-electron chi connectivity index (χ0n) is 9.35. The van der Waals surface area contributed by atoms with Crippen LogP contribution >= 0.6 is 11.6 Å². The van der Waals surface area contributed by atoms with Gasteiger partial charge in [-0.3, -0.25) is 0 Å². The molecule has 0 saturated heterocycles. The molecule has 0 saturated carbocycles. The third kappa shape index (κ3) is 2.46. The third-order valence-corrected chi connectivity index (χ3v) is 2.83. The van der Waals surface area contributed by atoms with Gasteiger partial charge < -0.3 is 15.5 Å². The van der Waals surface area contributed by atoms with Gasteiger partial charge in [-0.2, -0.15) is 0 Å². The molecule has 18 heavy (non-hydrogen) atoms. The molecule has 4 nitrogen and oxygen atoms in total. The van der Waals surface area contributed by atoms with Gasteiger partial charge in [-0.1, -0.05) is 22.8 Å². The largest absolute Gasteiger partial charge is 0.409 e. The Bertz CT molecular complexity index is 595. The van der Waals surface area contributed by atoms with E-state index in [1.54, 1.807) is 35.0 Å². The second kappa shape index (κ2) is 5.10. The minimum absolute atomic E-state index is 0.0215. The van der Waals surface area contributed by atoms with Crippen molar-refractivity contribution in [3.05, 3.63) is 58.6 Å². The maximum absolute atomic E-state index is 13.0. The number of rotatable bonds is 3. The van der Waals surface area contributed by atoms with Crippen LogP contribution in [-0.4, -0.2) is 15.6 Å². The molecule has 0 radical (unpaired) electrons. The Balaban J connectivity index is 2.29. The van der Waals surface area contributed by atoms with Gasteiger partial charge in [0.15, 0.2) is 5.84 Å². The van der Waals surface area contributed by atoms with Gasteiger partial charge in [0.2, 0.25) is 0 Å². The lowest BCUT2D eigenvalue weighted by atomic mass is 10.2. The van der Waals surface area contributed by atoms with E-state index in [0.29, 0.717) is 12.2 Å². The molecule has 6 heteroatoms. The van der Waals surface area contributed by atoms with E-state index in [0.717, 1.165) is 5.56 Å². The number of aromatic nitrogens is 1. The number of hydrogen-bond donors (Lipinski definition) is 2. The molecule has 1 aromatic heterocycles. The number of nitrogens with zero attached hydrogens (tertiary/aromatic N) is 2. The summed E-state index contributed by atoms with van der Waals surface area (Å²) >= 11 is 5.71. The van der Waals surface area contributed by atoms with Crippen LogP contribution in [0, 0.1) is 5.82 Å². The maximum atomic E-state index is 13.0. The molecular weight excluding hydrogens is 257 g/mol. The van der Waals surface area contributed by atoms with Gasteiger partial charge in [0.05, 0.1) is 10.7 Å². The highest BCUT2D eigenvalue weighted by Crippen LogP contribution is 2.17. The minimum Gasteiger partial charge on any atom is -0.409 e. The molecule has 0 atom stereocenters. The first-order valence-electron chi connectivity index (χ1n) is 5.19. The zero-order valence-corrected chi connectivity index (χ0v) is 10.1. The monoisotopic (exact) mass is 267 g/mol. The maximum Gasteiger partial charge on any atom is 0.186 e. The van der Waals surface area contributed by atoms with Crippen LogP contribution in [0.5, 0.6) is 0 Å². The molecule has 2 rings (SSSR count). The zero-order chi connectivity index (χ0) is 13.1. The summed E-state index contributed by atoms with van der Waals surface area (Å²) in [6.45, 7) is 0.457. The molecule has 0 amide bonds. The van der Waals surface area contributed by atoms with Crippen molar-refractivity contribution >= 4 is 17.4 Å². The van der Waals surface area contributed by atoms with Crippen LogP contribution in [0.25, 0.3) is 0 Å². The lowest BCUT2D eigenvalue weighted by Gasteiger charge is -2.08. The van der Waals surface area contributed by atoms with E-state index < -0.39 is 5.82 Å². The first kappa shape index (κ1) is 12.4. The van der Waals surface area contributed by atoms with E-state index in [1.165, 1.54) is 6.07 Å². The molecule has 0 aliphatic carbocycles. The molecule has 0 aliphatic rings. The summed E-state index contributed by atoms with van der Waals surface area (Å²) in [6, 6.07) is 7.99. The van der Waals surface area contributed by atoms with E-state index in [-0.39, 0.29) is 10.9 Å². The van der Waals surface area contributed by atoms with Gasteiger partial charge in [-0.25, -0.2) is 4.39 Å². The molecule has 0 spiro atoms. The first-order chi connectivity index (χ1) is 8.61. The Kier molecular flexibility index (Phi) is 3.53. The van der Waals surface area contributed by atoms with Crippen LogP contribution in [0.1, 0.15) is 11.3 Å². The number of benzene rings is 1. The minimum atomic E-state index is -0.454. The molecule has 3 N–H and O–H groups in total. The third-order valence-electron chi connectivity index (χ3n) is 2.54. The highest BCUT2D eigenvalue weighted by molar-refractivity contribution is 6.30. The van der Waals surface area contributed by atoms with E-state index in [4.69, 9.17) is 22.5 Å². The molecule has 0 unspecified atom stereocenters. The highest BCUT2D eigenvalue weighted by Gasteiger charge is 2.07. The van der Waals surface area contributed by atoms with Crippen molar-refractivity contribution in [2.24, 2.45) is 10.9 Å². The second-order valence-corrected chi connectivity index (χ2v) is 4.16. The topological polar surface area (TPSA) is 63.5 Å². The summed E-state index contributed by atoms with van der Waals surface area (Å²) in [5.74, 6) is -0.433. The normalized spacial score (nSPS) is 11.8. The van der Waals surface area contributed by atoms with Gasteiger partial charge in [-0.05, 0) is 29.8 Å². The first-order valence-corrected chi connectivity index (χ1v) is 5.56. The number of oxime groups is 1. The predicted octanol–water partition coefficient (Wildman–Crippen LogP) is 2.42. The molecule has 1 heterocycles. The fraction of sp³-hybridized carbons (Fsp3) is 0.0833. The SMILES string of the molecule is N/C(=N/O)c1cccn1Cc1ccc(F)c(Cl)c1. The Morgan fingerprint density at radius 1 is 1.44 bits per heavy atom. The summed E-state index contributed by atoms with van der Waals surface area (Å²) in [5.41, 5.74) is 6.95. The summed E-state index contributed by atoms with van der Waals surface area (Å²) in [4.78, 5) is 0. The van der Waals surface area contributed by atoms with Crippen molar-refractivity contribution in [1.82, 2.24) is 4.57 Å². The van der Waals surface area contributed by atoms with E-state index >= 15 is 0 Å². The van der Waals surface area contributed by atoms with Crippen molar-refractivity contribution in [3.63, 3.8) is 0 Å². The van der Waals surface area contributed by atoms with Crippen molar-refractivity contribution in [2.45, 2.75) is 6.54 Å². The van der Waals surface area contributed by atoms with Crippen molar-refractivity contribution < 1.29 is 9.60 Å². The molecule has 0 aliphatic heterocycles. The average Bonchev–Trinajstić information content (AvgIpc) is 2.81. The molecule has 2 aromatic rings. The Labute approximate surface area is 108 Å². The smallest absolute Gasteiger partial charge is 0.186 e. The number of halogens is 2. The van der Waals surface area contributed by atoms with Crippen LogP contribution in [0.2, 0.25) is 5.02 Å². The van der Waals surface area contributed by atoms with Crippen LogP contribution in [0.3, 0.4) is 0 Å². The van der Waals surface area contributed by atoms with E-state index in [1.807, 2.05) is 0 Å². The molecule has 0 fully saturated rings. The van der Waals surface area contributed by atoms with E-state index in [9.17, 15) is 4.39 Å². The summed E-state index contributed by atoms with van der Waals surface area (Å²) in [6.07, 6.45) is 1.78. The van der Waals surface area contributed by atoms with E-state index in [2.05, 4.69) is 5.16 Å². The molecule has 94 valence electrons. The fourth-order valence-corrected chi connectivity index (χ4v) is 1.87. The molecular formula is C12H11ClFN3O. The van der Waals surface area contributed by atoms with Crippen LogP contribution < -0.4 is 5.73 Å². The van der Waals surface area contributed by atoms with Gasteiger partial charge in [0.25, 0.3) is 0 Å². The van der Waals surface area contributed by atoms with Gasteiger partial charge in [-0.15, -0.1) is 0 Å². The lowest BCUT2D eigenvalue weighted by molar-refractivity contribution is 0.318. The van der Waals surface area contributed by atoms with Crippen LogP contribution in [-0.2, 0) is 6.54 Å². The molecule has 1 aromatic carbocycles. The highest BCUT2D eigenvalue weighted by atomic mass is 35.5. The Hall–Kier alpha value is -2.01. The van der Waals surface area contributed by atoms with Crippen molar-refractivity contribution in [2.75, 3.05) is 0 Å². The number of amidine groups is 1. The van der Waals surface area contributed by atoms with Crippen molar-refractivity contribution in [1.29, 1.82) is 0 Å². The summed E-state index contributed by atoms with van der Waals surface area (Å²) < 4.78 is 14.8. The van der Waals surface area contributed by atoms with Gasteiger partial charge >= 0.3 is 0 Å². The van der Waals surface area contributed by atoms with Crippen molar-refractivity contribution in [3.8, 4) is 0 Å². The van der Waals surface area contributed by atoms with Crippen LogP contribution in [0.4, 0.5) is 4.39 Å². The van der Waals surface area contributed by atoms with Gasteiger partial charge in [0.1, 0.15) is 5.82 Å². The van der Waals surface area contributed by atoms with Crippen LogP contribution in [0.15, 0.2) is 41.7 Å². The Morgan fingerprint density at radius 3 is 2.89 bits per heavy atom. The van der Waals surface area contributed by atoms with Gasteiger partial charge in [0, 0.05) is 12.7 Å². The quantitative estimate of drug-likeness (QED) is 0.388. The molecule has 0 bridgehead atoms. The number of nitrogens with two attached hydrogens (primary N) is 1. The summed E-state index contributed by atoms with van der Waals surface area (Å²) in [7, 11) is 0. The summed E-state index contributed by atoms with van der Waals surface area (Å²) in [5, 5.41) is 11.7. The average molecular weight is 268 g/mol. The standard InChI is InChI=1S/C12H11ClFN3O/c13-9-6-8(3-4-10(9)14)7-17-5-1-2-11(17)12(15)16-18/h1-6,18H,7H2,(H2,15,16). The number of hydrogen-bond acceptors (Lipinski definition) is 2.